The smallest absolute Gasteiger partial charge is 0.246 e. The van der Waals surface area contributed by atoms with Crippen LogP contribution in [0.4, 0.5) is 5.69 Å². The van der Waals surface area contributed by atoms with Crippen molar-refractivity contribution in [2.45, 2.75) is 6.92 Å². The van der Waals surface area contributed by atoms with Crippen LogP contribution in [0.2, 0.25) is 0 Å². The number of hydrogen-bond donors (Lipinski definition) is 1. The van der Waals surface area contributed by atoms with Crippen LogP contribution in [0.5, 0.6) is 17.2 Å². The first-order valence-electron chi connectivity index (χ1n) is 9.99. The van der Waals surface area contributed by atoms with Crippen LogP contribution in [0.15, 0.2) is 35.6 Å². The molecule has 2 aliphatic heterocycles. The molecule has 10 nitrogen and oxygen atoms in total. The second-order valence-electron chi connectivity index (χ2n) is 6.94. The van der Waals surface area contributed by atoms with E-state index in [-0.39, 0.29) is 43.2 Å². The van der Waals surface area contributed by atoms with Crippen LogP contribution < -0.4 is 24.4 Å². The number of nitrogens with one attached hydrogen (secondary N) is 1. The Balaban J connectivity index is 0.00000272. The Kier molecular flexibility index (Phi) is 7.82. The van der Waals surface area contributed by atoms with Gasteiger partial charge < -0.3 is 29.3 Å². The molecule has 1 aromatic carbocycles. The number of rotatable bonds is 6. The van der Waals surface area contributed by atoms with Crippen LogP contribution >= 0.6 is 24.0 Å². The monoisotopic (exact) mass is 542 g/mol. The first kappa shape index (κ1) is 23.0. The van der Waals surface area contributed by atoms with Gasteiger partial charge in [-0.2, -0.15) is 5.10 Å². The van der Waals surface area contributed by atoms with Crippen LogP contribution in [-0.4, -0.2) is 72.7 Å². The van der Waals surface area contributed by atoms with E-state index in [1.807, 2.05) is 43.3 Å². The highest BCUT2D eigenvalue weighted by Gasteiger charge is 2.27. The third-order valence-electron chi connectivity index (χ3n) is 4.82. The van der Waals surface area contributed by atoms with Gasteiger partial charge in [0.1, 0.15) is 18.9 Å². The van der Waals surface area contributed by atoms with E-state index >= 15 is 0 Å². The Morgan fingerprint density at radius 3 is 2.87 bits per heavy atom. The zero-order chi connectivity index (χ0) is 20.9. The Labute approximate surface area is 198 Å². The standard InChI is InChI=1S/C20H26N6O4.HI/c1-3-21-20(22-6-9-28-16-4-5-17-18(10-16)30-14-29-17)25-7-8-26(19(27)13-25)15-11-23-24(2)12-15;/h4-5,10-12H,3,6-9,13-14H2,1-2H3,(H,21,22);1H. The molecule has 1 N–H and O–H groups in total. The quantitative estimate of drug-likeness (QED) is 0.256. The Hall–Kier alpha value is -2.70. The lowest BCUT2D eigenvalue weighted by molar-refractivity contribution is -0.120. The van der Waals surface area contributed by atoms with Crippen LogP contribution in [0.25, 0.3) is 0 Å². The number of fused-ring (bicyclic) bond motifs is 1. The van der Waals surface area contributed by atoms with Gasteiger partial charge in [-0.05, 0) is 19.1 Å². The molecule has 0 radical (unpaired) electrons. The van der Waals surface area contributed by atoms with Crippen LogP contribution in [0.1, 0.15) is 6.92 Å². The molecule has 0 unspecified atom stereocenters. The molecular weight excluding hydrogens is 515 g/mol. The van der Waals surface area contributed by atoms with Crippen molar-refractivity contribution in [3.05, 3.63) is 30.6 Å². The number of benzene rings is 1. The number of piperazine rings is 1. The highest BCUT2D eigenvalue weighted by atomic mass is 127. The fourth-order valence-electron chi connectivity index (χ4n) is 3.38. The molecule has 0 atom stereocenters. The average molecular weight is 542 g/mol. The van der Waals surface area contributed by atoms with Crippen molar-refractivity contribution in [1.29, 1.82) is 0 Å². The van der Waals surface area contributed by atoms with E-state index in [0.717, 1.165) is 18.0 Å². The molecule has 2 aromatic rings. The molecule has 1 fully saturated rings. The van der Waals surface area contributed by atoms with E-state index < -0.39 is 0 Å². The lowest BCUT2D eigenvalue weighted by atomic mass is 10.3. The van der Waals surface area contributed by atoms with Crippen molar-refractivity contribution in [3.63, 3.8) is 0 Å². The number of guanidine groups is 1. The number of ether oxygens (including phenoxy) is 3. The van der Waals surface area contributed by atoms with Gasteiger partial charge in [0.2, 0.25) is 12.7 Å². The number of hydrogen-bond acceptors (Lipinski definition) is 6. The fourth-order valence-corrected chi connectivity index (χ4v) is 3.38. The Morgan fingerprint density at radius 1 is 1.29 bits per heavy atom. The first-order valence-corrected chi connectivity index (χ1v) is 9.99. The summed E-state index contributed by atoms with van der Waals surface area (Å²) >= 11 is 0. The second kappa shape index (κ2) is 10.6. The molecule has 2 aliphatic rings. The largest absolute Gasteiger partial charge is 0.492 e. The molecule has 1 aromatic heterocycles. The van der Waals surface area contributed by atoms with Gasteiger partial charge in [-0.1, -0.05) is 0 Å². The third-order valence-corrected chi connectivity index (χ3v) is 4.82. The first-order chi connectivity index (χ1) is 14.6. The van der Waals surface area contributed by atoms with Gasteiger partial charge in [0.05, 0.1) is 18.4 Å². The molecule has 3 heterocycles. The Morgan fingerprint density at radius 2 is 2.13 bits per heavy atom. The maximum Gasteiger partial charge on any atom is 0.246 e. The van der Waals surface area contributed by atoms with Gasteiger partial charge >= 0.3 is 0 Å². The SMILES string of the molecule is CCNC(=NCCOc1ccc2c(c1)OCO2)N1CCN(c2cnn(C)c2)C(=O)C1.I. The van der Waals surface area contributed by atoms with Crippen molar-refractivity contribution < 1.29 is 19.0 Å². The zero-order valence-electron chi connectivity index (χ0n) is 17.6. The van der Waals surface area contributed by atoms with Crippen molar-refractivity contribution in [2.75, 3.05) is 51.0 Å². The molecule has 0 spiro atoms. The summed E-state index contributed by atoms with van der Waals surface area (Å²) in [4.78, 5) is 21.0. The van der Waals surface area contributed by atoms with Gasteiger partial charge in [-0.3, -0.25) is 9.48 Å². The molecule has 11 heteroatoms. The maximum atomic E-state index is 12.6. The average Bonchev–Trinajstić information content (AvgIpc) is 3.38. The minimum absolute atomic E-state index is 0. The summed E-state index contributed by atoms with van der Waals surface area (Å²) in [6.07, 6.45) is 3.56. The normalized spacial score (nSPS) is 15.7. The molecule has 0 saturated carbocycles. The highest BCUT2D eigenvalue weighted by molar-refractivity contribution is 14.0. The summed E-state index contributed by atoms with van der Waals surface area (Å²) in [5.41, 5.74) is 0.821. The topological polar surface area (TPSA) is 93.5 Å². The van der Waals surface area contributed by atoms with Crippen molar-refractivity contribution >= 4 is 41.5 Å². The number of carbonyl (C=O) groups is 1. The summed E-state index contributed by atoms with van der Waals surface area (Å²) in [6, 6.07) is 5.49. The Bertz CT molecular complexity index is 934. The number of aromatic nitrogens is 2. The predicted octanol–water partition coefficient (Wildman–Crippen LogP) is 1.46. The number of aliphatic imine (C=N–C) groups is 1. The van der Waals surface area contributed by atoms with Crippen LogP contribution in [0, 0.1) is 0 Å². The molecule has 0 bridgehead atoms. The van der Waals surface area contributed by atoms with Gasteiger partial charge in [0.25, 0.3) is 0 Å². The molecule has 1 saturated heterocycles. The van der Waals surface area contributed by atoms with Crippen molar-refractivity contribution in [3.8, 4) is 17.2 Å². The van der Waals surface area contributed by atoms with Gasteiger partial charge in [0.15, 0.2) is 17.5 Å². The lowest BCUT2D eigenvalue weighted by Crippen LogP contribution is -2.55. The molecule has 168 valence electrons. The summed E-state index contributed by atoms with van der Waals surface area (Å²) in [6.45, 7) is 5.39. The minimum Gasteiger partial charge on any atom is -0.492 e. The molecule has 0 aliphatic carbocycles. The van der Waals surface area contributed by atoms with Gasteiger partial charge in [0, 0.05) is 38.9 Å². The van der Waals surface area contributed by atoms with Crippen LogP contribution in [0.3, 0.4) is 0 Å². The number of halogens is 1. The van der Waals surface area contributed by atoms with E-state index in [0.29, 0.717) is 43.7 Å². The lowest BCUT2D eigenvalue weighted by Gasteiger charge is -2.35. The number of anilines is 1. The van der Waals surface area contributed by atoms with Gasteiger partial charge in [-0.25, -0.2) is 4.99 Å². The summed E-state index contributed by atoms with van der Waals surface area (Å²) in [5.74, 6) is 2.86. The number of carbonyl (C=O) groups excluding carboxylic acids is 1. The summed E-state index contributed by atoms with van der Waals surface area (Å²) < 4.78 is 18.1. The highest BCUT2D eigenvalue weighted by Crippen LogP contribution is 2.35. The zero-order valence-corrected chi connectivity index (χ0v) is 19.9. The summed E-state index contributed by atoms with van der Waals surface area (Å²) in [5, 5.41) is 7.41. The number of aryl methyl sites for hydroxylation is 1. The van der Waals surface area contributed by atoms with Crippen molar-refractivity contribution in [2.24, 2.45) is 12.0 Å². The summed E-state index contributed by atoms with van der Waals surface area (Å²) in [7, 11) is 1.84. The van der Waals surface area contributed by atoms with E-state index in [1.54, 1.807) is 15.8 Å². The van der Waals surface area contributed by atoms with Gasteiger partial charge in [-0.15, -0.1) is 24.0 Å². The predicted molar refractivity (Wildman–Crippen MR) is 127 cm³/mol. The van der Waals surface area contributed by atoms with E-state index in [4.69, 9.17) is 14.2 Å². The fraction of sp³-hybridized carbons (Fsp3) is 0.450. The molecule has 4 rings (SSSR count). The molecule has 31 heavy (non-hydrogen) atoms. The third kappa shape index (κ3) is 5.51. The second-order valence-corrected chi connectivity index (χ2v) is 6.94. The molecule has 1 amide bonds. The van der Waals surface area contributed by atoms with Crippen LogP contribution in [-0.2, 0) is 11.8 Å². The number of amides is 1. The number of nitrogens with zero attached hydrogens (tertiary/aromatic N) is 5. The van der Waals surface area contributed by atoms with Crippen molar-refractivity contribution in [1.82, 2.24) is 20.0 Å². The molecular formula is C20H27IN6O4. The minimum atomic E-state index is 0. The van der Waals surface area contributed by atoms with E-state index in [9.17, 15) is 4.79 Å². The van der Waals surface area contributed by atoms with E-state index in [1.165, 1.54) is 0 Å². The van der Waals surface area contributed by atoms with E-state index in [2.05, 4.69) is 15.4 Å². The maximum absolute atomic E-state index is 12.6.